The lowest BCUT2D eigenvalue weighted by atomic mass is 9.98. The molecular weight excluding hydrogens is 224 g/mol. The van der Waals surface area contributed by atoms with E-state index in [4.69, 9.17) is 11.6 Å². The highest BCUT2D eigenvalue weighted by molar-refractivity contribution is 6.31. The largest absolute Gasteiger partial charge is 0.370 e. The molecule has 0 aromatic heterocycles. The fourth-order valence-corrected chi connectivity index (χ4v) is 2.15. The van der Waals surface area contributed by atoms with Crippen LogP contribution in [0.1, 0.15) is 20.8 Å². The number of hydrogen-bond acceptors (Lipinski definition) is 2. The van der Waals surface area contributed by atoms with Crippen molar-refractivity contribution in [1.82, 2.24) is 0 Å². The molecule has 1 amide bonds. The molecule has 0 radical (unpaired) electrons. The number of nitrogens with zero attached hydrogens (tertiary/aromatic N) is 1. The van der Waals surface area contributed by atoms with Gasteiger partial charge in [0.15, 0.2) is 0 Å². The second-order valence-corrected chi connectivity index (χ2v) is 4.90. The Balaban J connectivity index is 2.56. The fraction of sp³-hybridized carbons (Fsp3) is 0.417. The number of halogens is 1. The SMILES string of the molecule is CCN1C(=O)C(C)(C)Nc2ccc(Cl)cc21. The van der Waals surface area contributed by atoms with Gasteiger partial charge in [0.2, 0.25) is 0 Å². The van der Waals surface area contributed by atoms with Crippen LogP contribution in [-0.4, -0.2) is 18.0 Å². The number of carbonyl (C=O) groups excluding carboxylic acids is 1. The number of nitrogens with one attached hydrogen (secondary N) is 1. The predicted molar refractivity (Wildman–Crippen MR) is 67.2 cm³/mol. The van der Waals surface area contributed by atoms with Gasteiger partial charge < -0.3 is 10.2 Å². The van der Waals surface area contributed by atoms with Gasteiger partial charge in [0.25, 0.3) is 5.91 Å². The molecule has 0 atom stereocenters. The molecule has 0 fully saturated rings. The standard InChI is InChI=1S/C12H15ClN2O/c1-4-15-10-7-8(13)5-6-9(10)14-12(2,3)11(15)16/h5-7,14H,4H2,1-3H3. The maximum absolute atomic E-state index is 12.2. The number of hydrogen-bond donors (Lipinski definition) is 1. The lowest BCUT2D eigenvalue weighted by Crippen LogP contribution is -2.53. The molecular formula is C12H15ClN2O. The van der Waals surface area contributed by atoms with Crippen LogP contribution in [0.25, 0.3) is 0 Å². The summed E-state index contributed by atoms with van der Waals surface area (Å²) in [5.74, 6) is 0.0739. The summed E-state index contributed by atoms with van der Waals surface area (Å²) in [5, 5.41) is 3.87. The Hall–Kier alpha value is -1.22. The summed E-state index contributed by atoms with van der Waals surface area (Å²) in [6.07, 6.45) is 0. The van der Waals surface area contributed by atoms with E-state index in [9.17, 15) is 4.79 Å². The summed E-state index contributed by atoms with van der Waals surface area (Å²) in [7, 11) is 0. The molecule has 1 N–H and O–H groups in total. The normalized spacial score (nSPS) is 18.0. The van der Waals surface area contributed by atoms with Crippen molar-refractivity contribution in [2.75, 3.05) is 16.8 Å². The Labute approximate surface area is 100 Å². The van der Waals surface area contributed by atoms with Crippen LogP contribution in [0, 0.1) is 0 Å². The first kappa shape index (κ1) is 11.3. The summed E-state index contributed by atoms with van der Waals surface area (Å²) in [4.78, 5) is 13.9. The molecule has 1 aliphatic rings. The smallest absolute Gasteiger partial charge is 0.252 e. The van der Waals surface area contributed by atoms with Crippen molar-refractivity contribution in [3.63, 3.8) is 0 Å². The van der Waals surface area contributed by atoms with E-state index in [0.29, 0.717) is 11.6 Å². The minimum Gasteiger partial charge on any atom is -0.370 e. The van der Waals surface area contributed by atoms with E-state index in [0.717, 1.165) is 11.4 Å². The first-order valence-corrected chi connectivity index (χ1v) is 5.73. The minimum absolute atomic E-state index is 0.0739. The summed E-state index contributed by atoms with van der Waals surface area (Å²) < 4.78 is 0. The molecule has 0 saturated carbocycles. The Morgan fingerprint density at radius 1 is 1.44 bits per heavy atom. The predicted octanol–water partition coefficient (Wildman–Crippen LogP) is 2.90. The third-order valence-electron chi connectivity index (χ3n) is 2.79. The van der Waals surface area contributed by atoms with Crippen LogP contribution in [0.15, 0.2) is 18.2 Å². The minimum atomic E-state index is -0.559. The van der Waals surface area contributed by atoms with Crippen molar-refractivity contribution >= 4 is 28.9 Å². The number of carbonyl (C=O) groups is 1. The van der Waals surface area contributed by atoms with E-state index >= 15 is 0 Å². The number of anilines is 2. The van der Waals surface area contributed by atoms with E-state index < -0.39 is 5.54 Å². The van der Waals surface area contributed by atoms with Gasteiger partial charge in [0.05, 0.1) is 11.4 Å². The summed E-state index contributed by atoms with van der Waals surface area (Å²) >= 11 is 5.95. The number of amides is 1. The monoisotopic (exact) mass is 238 g/mol. The number of likely N-dealkylation sites (N-methyl/N-ethyl adjacent to an activating group) is 1. The van der Waals surface area contributed by atoms with Crippen LogP contribution >= 0.6 is 11.6 Å². The van der Waals surface area contributed by atoms with E-state index in [2.05, 4.69) is 5.32 Å². The molecule has 2 rings (SSSR count). The van der Waals surface area contributed by atoms with Gasteiger partial charge in [-0.2, -0.15) is 0 Å². The molecule has 4 heteroatoms. The van der Waals surface area contributed by atoms with Crippen LogP contribution in [0.4, 0.5) is 11.4 Å². The lowest BCUT2D eigenvalue weighted by molar-refractivity contribution is -0.122. The Bertz CT molecular complexity index is 443. The van der Waals surface area contributed by atoms with Crippen molar-refractivity contribution < 1.29 is 4.79 Å². The van der Waals surface area contributed by atoms with Crippen LogP contribution in [0.3, 0.4) is 0 Å². The van der Waals surface area contributed by atoms with Crippen molar-refractivity contribution in [3.05, 3.63) is 23.2 Å². The molecule has 0 unspecified atom stereocenters. The quantitative estimate of drug-likeness (QED) is 0.816. The summed E-state index contributed by atoms with van der Waals surface area (Å²) in [5.41, 5.74) is 1.26. The first-order chi connectivity index (χ1) is 7.45. The highest BCUT2D eigenvalue weighted by atomic mass is 35.5. The fourth-order valence-electron chi connectivity index (χ4n) is 1.98. The van der Waals surface area contributed by atoms with Gasteiger partial charge in [-0.25, -0.2) is 0 Å². The number of benzene rings is 1. The zero-order chi connectivity index (χ0) is 11.9. The van der Waals surface area contributed by atoms with Crippen LogP contribution in [0.5, 0.6) is 0 Å². The molecule has 1 aliphatic heterocycles. The highest BCUT2D eigenvalue weighted by Gasteiger charge is 2.37. The molecule has 1 aromatic carbocycles. The summed E-state index contributed by atoms with van der Waals surface area (Å²) in [6.45, 7) is 6.38. The lowest BCUT2D eigenvalue weighted by Gasteiger charge is -2.39. The summed E-state index contributed by atoms with van der Waals surface area (Å²) in [6, 6.07) is 5.56. The van der Waals surface area contributed by atoms with Crippen molar-refractivity contribution in [3.8, 4) is 0 Å². The molecule has 16 heavy (non-hydrogen) atoms. The average molecular weight is 239 g/mol. The third-order valence-corrected chi connectivity index (χ3v) is 3.03. The second-order valence-electron chi connectivity index (χ2n) is 4.46. The van der Waals surface area contributed by atoms with Gasteiger partial charge in [0.1, 0.15) is 5.54 Å². The molecule has 1 heterocycles. The Kier molecular flexibility index (Phi) is 2.58. The van der Waals surface area contributed by atoms with E-state index in [1.807, 2.05) is 39.0 Å². The second kappa shape index (κ2) is 3.67. The highest BCUT2D eigenvalue weighted by Crippen LogP contribution is 2.36. The van der Waals surface area contributed by atoms with Crippen molar-refractivity contribution in [2.45, 2.75) is 26.3 Å². The van der Waals surface area contributed by atoms with Crippen molar-refractivity contribution in [1.29, 1.82) is 0 Å². The van der Waals surface area contributed by atoms with Gasteiger partial charge in [-0.1, -0.05) is 11.6 Å². The van der Waals surface area contributed by atoms with Crippen LogP contribution in [-0.2, 0) is 4.79 Å². The van der Waals surface area contributed by atoms with E-state index in [1.54, 1.807) is 4.90 Å². The molecule has 0 aliphatic carbocycles. The molecule has 1 aromatic rings. The van der Waals surface area contributed by atoms with Crippen LogP contribution < -0.4 is 10.2 Å². The van der Waals surface area contributed by atoms with Crippen molar-refractivity contribution in [2.24, 2.45) is 0 Å². The van der Waals surface area contributed by atoms with Gasteiger partial charge in [0, 0.05) is 11.6 Å². The zero-order valence-electron chi connectivity index (χ0n) is 9.67. The van der Waals surface area contributed by atoms with Gasteiger partial charge in [-0.3, -0.25) is 4.79 Å². The molecule has 0 bridgehead atoms. The van der Waals surface area contributed by atoms with E-state index in [1.165, 1.54) is 0 Å². The number of fused-ring (bicyclic) bond motifs is 1. The third kappa shape index (κ3) is 1.65. The Morgan fingerprint density at radius 3 is 2.75 bits per heavy atom. The molecule has 0 saturated heterocycles. The van der Waals surface area contributed by atoms with Gasteiger partial charge in [-0.05, 0) is 39.0 Å². The molecule has 86 valence electrons. The maximum atomic E-state index is 12.2. The van der Waals surface area contributed by atoms with E-state index in [-0.39, 0.29) is 5.91 Å². The average Bonchev–Trinajstić information content (AvgIpc) is 2.21. The zero-order valence-corrected chi connectivity index (χ0v) is 10.4. The maximum Gasteiger partial charge on any atom is 0.252 e. The molecule has 3 nitrogen and oxygen atoms in total. The van der Waals surface area contributed by atoms with Gasteiger partial charge >= 0.3 is 0 Å². The first-order valence-electron chi connectivity index (χ1n) is 5.35. The topological polar surface area (TPSA) is 32.3 Å². The Morgan fingerprint density at radius 2 is 2.12 bits per heavy atom. The molecule has 0 spiro atoms. The number of rotatable bonds is 1. The van der Waals surface area contributed by atoms with Gasteiger partial charge in [-0.15, -0.1) is 0 Å². The van der Waals surface area contributed by atoms with Crippen LogP contribution in [0.2, 0.25) is 5.02 Å².